The average molecular weight is 275 g/mol. The van der Waals surface area contributed by atoms with Crippen LogP contribution >= 0.6 is 0 Å². The van der Waals surface area contributed by atoms with Gasteiger partial charge in [0.25, 0.3) is 0 Å². The van der Waals surface area contributed by atoms with E-state index in [1.807, 2.05) is 0 Å². The van der Waals surface area contributed by atoms with Crippen LogP contribution in [-0.2, 0) is 4.79 Å². The predicted octanol–water partition coefficient (Wildman–Crippen LogP) is 2.41. The maximum Gasteiger partial charge on any atom is 0.225 e. The Morgan fingerprint density at radius 2 is 2.05 bits per heavy atom. The van der Waals surface area contributed by atoms with Gasteiger partial charge >= 0.3 is 0 Å². The van der Waals surface area contributed by atoms with Crippen LogP contribution in [0, 0.1) is 5.82 Å². The molecule has 20 heavy (non-hydrogen) atoms. The van der Waals surface area contributed by atoms with Crippen molar-refractivity contribution in [2.24, 2.45) is 0 Å². The molecule has 0 saturated carbocycles. The van der Waals surface area contributed by atoms with Gasteiger partial charge in [0.15, 0.2) is 0 Å². The number of aromatic nitrogens is 2. The lowest BCUT2D eigenvalue weighted by atomic mass is 10.3. The van der Waals surface area contributed by atoms with Gasteiger partial charge in [-0.2, -0.15) is 0 Å². The van der Waals surface area contributed by atoms with E-state index < -0.39 is 0 Å². The van der Waals surface area contributed by atoms with Crippen molar-refractivity contribution in [1.29, 1.82) is 0 Å². The molecule has 0 saturated heterocycles. The third kappa shape index (κ3) is 4.64. The third-order valence-corrected chi connectivity index (χ3v) is 2.48. The van der Waals surface area contributed by atoms with E-state index in [0.717, 1.165) is 0 Å². The Labute approximate surface area is 115 Å². The Morgan fingerprint density at radius 1 is 1.25 bits per heavy atom. The van der Waals surface area contributed by atoms with Crippen LogP contribution in [0.5, 0.6) is 5.75 Å². The molecule has 0 spiro atoms. The Hall–Kier alpha value is -2.50. The fraction of sp³-hybridized carbons (Fsp3) is 0.214. The number of hydrogen-bond donors (Lipinski definition) is 1. The number of amides is 1. The maximum atomic E-state index is 12.7. The highest BCUT2D eigenvalue weighted by Crippen LogP contribution is 2.11. The zero-order valence-electron chi connectivity index (χ0n) is 10.8. The molecular formula is C14H14FN3O2. The number of nitrogens with one attached hydrogen (secondary N) is 1. The summed E-state index contributed by atoms with van der Waals surface area (Å²) in [5, 5.41) is 2.65. The molecule has 6 heteroatoms. The fourth-order valence-corrected chi connectivity index (χ4v) is 1.52. The Kier molecular flexibility index (Phi) is 5.00. The van der Waals surface area contributed by atoms with Gasteiger partial charge in [-0.05, 0) is 36.8 Å². The minimum Gasteiger partial charge on any atom is -0.494 e. The molecule has 0 atom stereocenters. The van der Waals surface area contributed by atoms with E-state index in [4.69, 9.17) is 4.74 Å². The minimum absolute atomic E-state index is 0.133. The van der Waals surface area contributed by atoms with E-state index in [9.17, 15) is 9.18 Å². The average Bonchev–Trinajstić information content (AvgIpc) is 2.46. The second-order valence-electron chi connectivity index (χ2n) is 4.05. The first-order valence-corrected chi connectivity index (χ1v) is 6.18. The van der Waals surface area contributed by atoms with E-state index in [2.05, 4.69) is 15.3 Å². The van der Waals surface area contributed by atoms with Crippen molar-refractivity contribution >= 4 is 11.7 Å². The summed E-state index contributed by atoms with van der Waals surface area (Å²) in [5.41, 5.74) is 0. The fourth-order valence-electron chi connectivity index (χ4n) is 1.52. The first kappa shape index (κ1) is 13.9. The van der Waals surface area contributed by atoms with Crippen molar-refractivity contribution in [1.82, 2.24) is 9.97 Å². The number of nitrogens with zero attached hydrogens (tertiary/aromatic N) is 2. The quantitative estimate of drug-likeness (QED) is 0.822. The molecule has 1 aromatic carbocycles. The molecule has 1 aromatic heterocycles. The zero-order chi connectivity index (χ0) is 14.2. The summed E-state index contributed by atoms with van der Waals surface area (Å²) in [6, 6.07) is 7.38. The lowest BCUT2D eigenvalue weighted by Crippen LogP contribution is -2.13. The number of anilines is 1. The molecule has 104 valence electrons. The summed E-state index contributed by atoms with van der Waals surface area (Å²) in [7, 11) is 0. The number of benzene rings is 1. The van der Waals surface area contributed by atoms with Crippen molar-refractivity contribution in [2.45, 2.75) is 12.8 Å². The normalized spacial score (nSPS) is 10.1. The highest BCUT2D eigenvalue weighted by molar-refractivity contribution is 5.89. The standard InChI is InChI=1S/C14H14FN3O2/c15-11-3-5-12(6-4-11)20-9-1-2-14(19)18-13-7-8-16-10-17-13/h3-8,10H,1-2,9H2,(H,16,17,18,19). The topological polar surface area (TPSA) is 64.1 Å². The largest absolute Gasteiger partial charge is 0.494 e. The van der Waals surface area contributed by atoms with Crippen LogP contribution in [0.25, 0.3) is 0 Å². The Bertz CT molecular complexity index is 546. The van der Waals surface area contributed by atoms with Gasteiger partial charge in [0, 0.05) is 12.6 Å². The smallest absolute Gasteiger partial charge is 0.225 e. The number of hydrogen-bond acceptors (Lipinski definition) is 4. The lowest BCUT2D eigenvalue weighted by Gasteiger charge is -2.06. The van der Waals surface area contributed by atoms with E-state index in [0.29, 0.717) is 31.0 Å². The Morgan fingerprint density at radius 3 is 2.75 bits per heavy atom. The maximum absolute atomic E-state index is 12.7. The second kappa shape index (κ2) is 7.18. The molecular weight excluding hydrogens is 261 g/mol. The molecule has 0 aliphatic heterocycles. The number of rotatable bonds is 6. The molecule has 5 nitrogen and oxygen atoms in total. The van der Waals surface area contributed by atoms with Crippen LogP contribution in [0.4, 0.5) is 10.2 Å². The SMILES string of the molecule is O=C(CCCOc1ccc(F)cc1)Nc1ccncn1. The van der Waals surface area contributed by atoms with E-state index in [1.54, 1.807) is 24.4 Å². The number of carbonyl (C=O) groups excluding carboxylic acids is 1. The van der Waals surface area contributed by atoms with Crippen LogP contribution in [0.3, 0.4) is 0 Å². The van der Waals surface area contributed by atoms with E-state index >= 15 is 0 Å². The Balaban J connectivity index is 1.66. The van der Waals surface area contributed by atoms with E-state index in [1.165, 1.54) is 18.5 Å². The molecule has 0 radical (unpaired) electrons. The van der Waals surface area contributed by atoms with Gasteiger partial charge in [0.05, 0.1) is 6.61 Å². The molecule has 0 fully saturated rings. The summed E-state index contributed by atoms with van der Waals surface area (Å²) in [4.78, 5) is 19.2. The zero-order valence-corrected chi connectivity index (χ0v) is 10.8. The summed E-state index contributed by atoms with van der Waals surface area (Å²) >= 11 is 0. The number of carbonyl (C=O) groups is 1. The van der Waals surface area contributed by atoms with Crippen LogP contribution in [-0.4, -0.2) is 22.5 Å². The first-order valence-electron chi connectivity index (χ1n) is 6.18. The van der Waals surface area contributed by atoms with Gasteiger partial charge < -0.3 is 10.1 Å². The number of ether oxygens (including phenoxy) is 1. The predicted molar refractivity (Wildman–Crippen MR) is 71.8 cm³/mol. The highest BCUT2D eigenvalue weighted by atomic mass is 19.1. The third-order valence-electron chi connectivity index (χ3n) is 2.48. The van der Waals surface area contributed by atoms with Gasteiger partial charge in [-0.1, -0.05) is 0 Å². The van der Waals surface area contributed by atoms with Crippen molar-refractivity contribution in [3.8, 4) is 5.75 Å². The van der Waals surface area contributed by atoms with Crippen LogP contribution in [0.1, 0.15) is 12.8 Å². The highest BCUT2D eigenvalue weighted by Gasteiger charge is 2.03. The lowest BCUT2D eigenvalue weighted by molar-refractivity contribution is -0.116. The summed E-state index contributed by atoms with van der Waals surface area (Å²) < 4.78 is 18.1. The monoisotopic (exact) mass is 275 g/mol. The first-order chi connectivity index (χ1) is 9.74. The van der Waals surface area contributed by atoms with Gasteiger partial charge in [-0.15, -0.1) is 0 Å². The van der Waals surface area contributed by atoms with E-state index in [-0.39, 0.29) is 11.7 Å². The molecule has 0 aliphatic carbocycles. The summed E-state index contributed by atoms with van der Waals surface area (Å²) in [6.07, 6.45) is 3.81. The summed E-state index contributed by atoms with van der Waals surface area (Å²) in [6.45, 7) is 0.392. The van der Waals surface area contributed by atoms with Crippen molar-refractivity contribution in [3.63, 3.8) is 0 Å². The van der Waals surface area contributed by atoms with Gasteiger partial charge in [0.1, 0.15) is 23.7 Å². The van der Waals surface area contributed by atoms with Crippen molar-refractivity contribution < 1.29 is 13.9 Å². The molecule has 1 N–H and O–H groups in total. The van der Waals surface area contributed by atoms with Crippen LogP contribution < -0.4 is 10.1 Å². The minimum atomic E-state index is -0.304. The van der Waals surface area contributed by atoms with Crippen LogP contribution in [0.2, 0.25) is 0 Å². The van der Waals surface area contributed by atoms with Gasteiger partial charge in [0.2, 0.25) is 5.91 Å². The molecule has 2 aromatic rings. The van der Waals surface area contributed by atoms with Gasteiger partial charge in [-0.25, -0.2) is 14.4 Å². The second-order valence-corrected chi connectivity index (χ2v) is 4.05. The molecule has 1 amide bonds. The molecule has 2 rings (SSSR count). The molecule has 1 heterocycles. The molecule has 0 unspecified atom stereocenters. The number of halogens is 1. The van der Waals surface area contributed by atoms with Crippen molar-refractivity contribution in [3.05, 3.63) is 48.7 Å². The summed E-state index contributed by atoms with van der Waals surface area (Å²) in [5.74, 6) is 0.625. The van der Waals surface area contributed by atoms with Crippen LogP contribution in [0.15, 0.2) is 42.9 Å². The molecule has 0 aliphatic rings. The van der Waals surface area contributed by atoms with Crippen molar-refractivity contribution in [2.75, 3.05) is 11.9 Å². The van der Waals surface area contributed by atoms with Gasteiger partial charge in [-0.3, -0.25) is 4.79 Å². The molecule has 0 bridgehead atoms.